The van der Waals surface area contributed by atoms with Crippen molar-refractivity contribution in [3.05, 3.63) is 60.4 Å². The Morgan fingerprint density at radius 2 is 1.83 bits per heavy atom. The van der Waals surface area contributed by atoms with Crippen LogP contribution >= 0.6 is 0 Å². The molecular weight excluding hydrogens is 387 g/mol. The van der Waals surface area contributed by atoms with Gasteiger partial charge >= 0.3 is 0 Å². The molecule has 2 N–H and O–H groups in total. The third kappa shape index (κ3) is 4.39. The standard InChI is InChI=1S/C22H23FN4O3/c1-14(28)25-11-22(2)12-29-21(30-13-22)20-26-18(15-3-5-17(23)6-4-15)19(27-20)16-7-9-24-10-8-16/h3-10,21H,11-13H2,1-2H3,(H,25,28)(H,26,27). The fraction of sp³-hybridized carbons (Fsp3) is 0.318. The highest BCUT2D eigenvalue weighted by Crippen LogP contribution is 2.35. The molecule has 7 nitrogen and oxygen atoms in total. The highest BCUT2D eigenvalue weighted by atomic mass is 19.1. The minimum atomic E-state index is -0.662. The highest BCUT2D eigenvalue weighted by molar-refractivity contribution is 5.78. The number of imidazole rings is 1. The minimum absolute atomic E-state index is 0.0877. The summed E-state index contributed by atoms with van der Waals surface area (Å²) in [6.07, 6.45) is 2.74. The quantitative estimate of drug-likeness (QED) is 0.672. The fourth-order valence-electron chi connectivity index (χ4n) is 3.29. The molecule has 0 spiro atoms. The third-order valence-corrected chi connectivity index (χ3v) is 4.96. The topological polar surface area (TPSA) is 89.1 Å². The molecule has 0 bridgehead atoms. The molecule has 0 radical (unpaired) electrons. The molecule has 1 aliphatic rings. The first-order valence-electron chi connectivity index (χ1n) is 9.67. The van der Waals surface area contributed by atoms with Crippen LogP contribution in [0.25, 0.3) is 22.5 Å². The van der Waals surface area contributed by atoms with Crippen LogP contribution in [0.3, 0.4) is 0 Å². The van der Waals surface area contributed by atoms with E-state index < -0.39 is 6.29 Å². The zero-order valence-electron chi connectivity index (χ0n) is 16.8. The third-order valence-electron chi connectivity index (χ3n) is 4.96. The van der Waals surface area contributed by atoms with E-state index in [1.54, 1.807) is 24.5 Å². The van der Waals surface area contributed by atoms with E-state index in [0.717, 1.165) is 16.8 Å². The van der Waals surface area contributed by atoms with E-state index in [0.29, 0.717) is 31.3 Å². The summed E-state index contributed by atoms with van der Waals surface area (Å²) >= 11 is 0. The number of pyridine rings is 1. The number of halogens is 1. The van der Waals surface area contributed by atoms with E-state index in [1.807, 2.05) is 19.1 Å². The molecule has 0 unspecified atom stereocenters. The van der Waals surface area contributed by atoms with E-state index in [2.05, 4.69) is 15.3 Å². The van der Waals surface area contributed by atoms with Crippen LogP contribution in [0.1, 0.15) is 26.0 Å². The number of rotatable bonds is 5. The van der Waals surface area contributed by atoms with Crippen LogP contribution < -0.4 is 5.32 Å². The van der Waals surface area contributed by atoms with Crippen molar-refractivity contribution >= 4 is 5.91 Å². The van der Waals surface area contributed by atoms with Gasteiger partial charge in [-0.2, -0.15) is 0 Å². The van der Waals surface area contributed by atoms with Crippen LogP contribution in [0.2, 0.25) is 0 Å². The SMILES string of the molecule is CC(=O)NCC1(C)COC(c2nc(-c3ccc(F)cc3)c(-c3ccncc3)[nH]2)OC1. The molecule has 1 aromatic carbocycles. The second kappa shape index (κ2) is 8.33. The summed E-state index contributed by atoms with van der Waals surface area (Å²) in [5.74, 6) is 0.135. The monoisotopic (exact) mass is 410 g/mol. The van der Waals surface area contributed by atoms with Crippen LogP contribution in [-0.2, 0) is 14.3 Å². The smallest absolute Gasteiger partial charge is 0.217 e. The van der Waals surface area contributed by atoms with Gasteiger partial charge in [0, 0.05) is 42.4 Å². The van der Waals surface area contributed by atoms with Gasteiger partial charge < -0.3 is 19.8 Å². The summed E-state index contributed by atoms with van der Waals surface area (Å²) in [7, 11) is 0. The molecule has 0 atom stereocenters. The number of ether oxygens (including phenoxy) is 2. The molecule has 0 aliphatic carbocycles. The largest absolute Gasteiger partial charge is 0.356 e. The van der Waals surface area contributed by atoms with Gasteiger partial charge in [0.15, 0.2) is 5.82 Å². The number of aromatic amines is 1. The Labute approximate surface area is 173 Å². The first kappa shape index (κ1) is 20.2. The molecule has 1 saturated heterocycles. The van der Waals surface area contributed by atoms with Gasteiger partial charge in [-0.05, 0) is 36.4 Å². The number of aromatic nitrogens is 3. The predicted octanol–water partition coefficient (Wildman–Crippen LogP) is 3.47. The predicted molar refractivity (Wildman–Crippen MR) is 109 cm³/mol. The number of hydrogen-bond donors (Lipinski definition) is 2. The number of hydrogen-bond acceptors (Lipinski definition) is 5. The molecule has 1 fully saturated rings. The molecule has 2 aromatic heterocycles. The summed E-state index contributed by atoms with van der Waals surface area (Å²) in [6.45, 7) is 4.77. The van der Waals surface area contributed by atoms with Gasteiger partial charge in [0.25, 0.3) is 0 Å². The summed E-state index contributed by atoms with van der Waals surface area (Å²) in [5, 5.41) is 2.81. The first-order valence-corrected chi connectivity index (χ1v) is 9.67. The normalized spacial score (nSPS) is 21.4. The van der Waals surface area contributed by atoms with Crippen molar-refractivity contribution in [2.75, 3.05) is 19.8 Å². The zero-order valence-corrected chi connectivity index (χ0v) is 16.8. The van der Waals surface area contributed by atoms with Gasteiger partial charge in [-0.25, -0.2) is 9.37 Å². The molecule has 4 rings (SSSR count). The maximum Gasteiger partial charge on any atom is 0.217 e. The number of carbonyl (C=O) groups excluding carboxylic acids is 1. The zero-order chi connectivity index (χ0) is 21.1. The van der Waals surface area contributed by atoms with Gasteiger partial charge in [-0.3, -0.25) is 9.78 Å². The number of nitrogens with zero attached hydrogens (tertiary/aromatic N) is 2. The van der Waals surface area contributed by atoms with Gasteiger partial charge in [0.05, 0.1) is 24.6 Å². The van der Waals surface area contributed by atoms with Crippen LogP contribution in [0, 0.1) is 11.2 Å². The maximum absolute atomic E-state index is 13.4. The first-order chi connectivity index (χ1) is 14.4. The van der Waals surface area contributed by atoms with Crippen molar-refractivity contribution < 1.29 is 18.7 Å². The van der Waals surface area contributed by atoms with Crippen molar-refractivity contribution in [1.29, 1.82) is 0 Å². The molecule has 3 aromatic rings. The summed E-state index contributed by atoms with van der Waals surface area (Å²) in [4.78, 5) is 23.3. The number of carbonyl (C=O) groups is 1. The van der Waals surface area contributed by atoms with Gasteiger partial charge in [0.2, 0.25) is 12.2 Å². The lowest BCUT2D eigenvalue weighted by Gasteiger charge is -2.36. The van der Waals surface area contributed by atoms with Gasteiger partial charge in [-0.15, -0.1) is 0 Å². The molecular formula is C22H23FN4O3. The van der Waals surface area contributed by atoms with Gasteiger partial charge in [-0.1, -0.05) is 6.92 Å². The number of H-pyrrole nitrogens is 1. The Balaban J connectivity index is 1.61. The Hall–Kier alpha value is -3.10. The average Bonchev–Trinajstić information content (AvgIpc) is 3.19. The number of benzene rings is 1. The van der Waals surface area contributed by atoms with Crippen LogP contribution in [0.15, 0.2) is 48.8 Å². The summed E-state index contributed by atoms with van der Waals surface area (Å²) in [5.41, 5.74) is 2.81. The minimum Gasteiger partial charge on any atom is -0.356 e. The Kier molecular flexibility index (Phi) is 5.61. The number of amides is 1. The Bertz CT molecular complexity index is 1010. The summed E-state index contributed by atoms with van der Waals surface area (Å²) < 4.78 is 25.3. The van der Waals surface area contributed by atoms with E-state index in [1.165, 1.54) is 19.1 Å². The van der Waals surface area contributed by atoms with Crippen molar-refractivity contribution in [2.45, 2.75) is 20.1 Å². The molecule has 30 heavy (non-hydrogen) atoms. The van der Waals surface area contributed by atoms with Crippen LogP contribution in [0.4, 0.5) is 4.39 Å². The van der Waals surface area contributed by atoms with E-state index in [9.17, 15) is 9.18 Å². The number of nitrogens with one attached hydrogen (secondary N) is 2. The van der Waals surface area contributed by atoms with Gasteiger partial charge in [0.1, 0.15) is 5.82 Å². The molecule has 0 saturated carbocycles. The lowest BCUT2D eigenvalue weighted by atomic mass is 9.92. The molecule has 3 heterocycles. The second-order valence-corrected chi connectivity index (χ2v) is 7.76. The fourth-order valence-corrected chi connectivity index (χ4v) is 3.29. The summed E-state index contributed by atoms with van der Waals surface area (Å²) in [6, 6.07) is 9.93. The highest BCUT2D eigenvalue weighted by Gasteiger charge is 2.35. The van der Waals surface area contributed by atoms with E-state index in [4.69, 9.17) is 14.5 Å². The molecule has 1 aliphatic heterocycles. The molecule has 1 amide bonds. The lowest BCUT2D eigenvalue weighted by molar-refractivity contribution is -0.232. The van der Waals surface area contributed by atoms with E-state index in [-0.39, 0.29) is 17.1 Å². The van der Waals surface area contributed by atoms with Crippen molar-refractivity contribution in [1.82, 2.24) is 20.3 Å². The molecule has 8 heteroatoms. The Morgan fingerprint density at radius 3 is 2.47 bits per heavy atom. The van der Waals surface area contributed by atoms with Crippen LogP contribution in [0.5, 0.6) is 0 Å². The Morgan fingerprint density at radius 1 is 1.17 bits per heavy atom. The van der Waals surface area contributed by atoms with Crippen molar-refractivity contribution in [2.24, 2.45) is 5.41 Å². The second-order valence-electron chi connectivity index (χ2n) is 7.76. The van der Waals surface area contributed by atoms with E-state index >= 15 is 0 Å². The molecule has 156 valence electrons. The van der Waals surface area contributed by atoms with Crippen molar-refractivity contribution in [3.8, 4) is 22.5 Å². The maximum atomic E-state index is 13.4. The van der Waals surface area contributed by atoms with Crippen molar-refractivity contribution in [3.63, 3.8) is 0 Å². The average molecular weight is 410 g/mol. The van der Waals surface area contributed by atoms with Crippen LogP contribution in [-0.4, -0.2) is 40.6 Å². The lowest BCUT2D eigenvalue weighted by Crippen LogP contribution is -2.45.